The zero-order valence-corrected chi connectivity index (χ0v) is 15.6. The van der Waals surface area contributed by atoms with Crippen LogP contribution in [0.15, 0.2) is 36.4 Å². The van der Waals surface area contributed by atoms with Crippen LogP contribution >= 0.6 is 23.2 Å². The van der Waals surface area contributed by atoms with E-state index in [1.165, 1.54) is 13.2 Å². The van der Waals surface area contributed by atoms with Crippen molar-refractivity contribution in [3.05, 3.63) is 57.6 Å². The van der Waals surface area contributed by atoms with E-state index in [9.17, 15) is 8.78 Å². The van der Waals surface area contributed by atoms with E-state index in [4.69, 9.17) is 27.9 Å². The van der Waals surface area contributed by atoms with Crippen molar-refractivity contribution < 1.29 is 18.3 Å². The summed E-state index contributed by atoms with van der Waals surface area (Å²) in [6.07, 6.45) is 0. The number of rotatable bonds is 7. The number of ether oxygens (including phenoxy) is 2. The Labute approximate surface area is 155 Å². The summed E-state index contributed by atoms with van der Waals surface area (Å²) in [5.41, 5.74) is 1.33. The molecule has 136 valence electrons. The van der Waals surface area contributed by atoms with Gasteiger partial charge in [0.15, 0.2) is 11.5 Å². The van der Waals surface area contributed by atoms with Gasteiger partial charge in [0.25, 0.3) is 0 Å². The molecule has 0 aromatic heterocycles. The van der Waals surface area contributed by atoms with Gasteiger partial charge in [0.1, 0.15) is 0 Å². The lowest BCUT2D eigenvalue weighted by Crippen LogP contribution is -2.35. The van der Waals surface area contributed by atoms with Crippen LogP contribution < -0.4 is 14.8 Å². The summed E-state index contributed by atoms with van der Waals surface area (Å²) in [5.74, 6) is 0.261. The maximum absolute atomic E-state index is 12.5. The maximum Gasteiger partial charge on any atom is 0.387 e. The number of halogens is 4. The van der Waals surface area contributed by atoms with Crippen LogP contribution in [-0.4, -0.2) is 13.7 Å². The van der Waals surface area contributed by atoms with Gasteiger partial charge in [-0.15, -0.1) is 0 Å². The second-order valence-corrected chi connectivity index (χ2v) is 6.79. The minimum atomic E-state index is -2.91. The highest BCUT2D eigenvalue weighted by Gasteiger charge is 2.21. The third-order valence-electron chi connectivity index (χ3n) is 3.82. The predicted octanol–water partition coefficient (Wildman–Crippen LogP) is 5.63. The van der Waals surface area contributed by atoms with E-state index in [0.29, 0.717) is 16.6 Å². The van der Waals surface area contributed by atoms with Gasteiger partial charge < -0.3 is 14.8 Å². The Bertz CT molecular complexity index is 739. The van der Waals surface area contributed by atoms with Gasteiger partial charge in [0.05, 0.1) is 17.2 Å². The molecule has 0 aliphatic rings. The number of hydrogen-bond donors (Lipinski definition) is 1. The fourth-order valence-corrected chi connectivity index (χ4v) is 2.63. The van der Waals surface area contributed by atoms with Crippen molar-refractivity contribution >= 4 is 23.2 Å². The molecule has 0 bridgehead atoms. The van der Waals surface area contributed by atoms with Gasteiger partial charge in [-0.05, 0) is 49.2 Å². The number of methoxy groups -OCH3 is 1. The standard InChI is InChI=1S/C18H19Cl2F2NO2/c1-18(2,12-5-6-13(19)14(20)9-12)23-10-11-4-7-15(24-3)16(8-11)25-17(21)22/h4-9,17,23H,10H2,1-3H3. The van der Waals surface area contributed by atoms with Gasteiger partial charge in [0, 0.05) is 12.1 Å². The molecular formula is C18H19Cl2F2NO2. The lowest BCUT2D eigenvalue weighted by atomic mass is 9.94. The lowest BCUT2D eigenvalue weighted by Gasteiger charge is -2.27. The van der Waals surface area contributed by atoms with E-state index in [1.54, 1.807) is 24.3 Å². The summed E-state index contributed by atoms with van der Waals surface area (Å²) in [7, 11) is 1.40. The third kappa shape index (κ3) is 5.21. The Morgan fingerprint density at radius 1 is 1.04 bits per heavy atom. The first-order valence-corrected chi connectivity index (χ1v) is 8.31. The van der Waals surface area contributed by atoms with Crippen LogP contribution in [-0.2, 0) is 12.1 Å². The smallest absolute Gasteiger partial charge is 0.387 e. The van der Waals surface area contributed by atoms with E-state index < -0.39 is 12.2 Å². The van der Waals surface area contributed by atoms with E-state index in [-0.39, 0.29) is 11.5 Å². The molecule has 0 unspecified atom stereocenters. The van der Waals surface area contributed by atoms with Crippen LogP contribution in [0.1, 0.15) is 25.0 Å². The molecule has 3 nitrogen and oxygen atoms in total. The van der Waals surface area contributed by atoms with Gasteiger partial charge in [0.2, 0.25) is 0 Å². The average molecular weight is 390 g/mol. The summed E-state index contributed by atoms with van der Waals surface area (Å²) >= 11 is 12.0. The molecule has 0 amide bonds. The van der Waals surface area contributed by atoms with Crippen LogP contribution in [0.5, 0.6) is 11.5 Å². The first-order chi connectivity index (χ1) is 11.7. The zero-order chi connectivity index (χ0) is 18.6. The Morgan fingerprint density at radius 3 is 2.36 bits per heavy atom. The zero-order valence-electron chi connectivity index (χ0n) is 14.1. The van der Waals surface area contributed by atoms with Crippen LogP contribution in [0, 0.1) is 0 Å². The fraction of sp³-hybridized carbons (Fsp3) is 0.333. The van der Waals surface area contributed by atoms with Gasteiger partial charge in [-0.1, -0.05) is 35.3 Å². The monoisotopic (exact) mass is 389 g/mol. The van der Waals surface area contributed by atoms with Crippen molar-refractivity contribution in [1.82, 2.24) is 5.32 Å². The minimum absolute atomic E-state index is 0.00384. The second-order valence-electron chi connectivity index (χ2n) is 5.97. The molecule has 0 aliphatic heterocycles. The average Bonchev–Trinajstić information content (AvgIpc) is 2.55. The van der Waals surface area contributed by atoms with Crippen molar-refractivity contribution in [2.45, 2.75) is 32.5 Å². The number of nitrogens with one attached hydrogen (secondary N) is 1. The molecule has 0 saturated heterocycles. The molecule has 0 saturated carbocycles. The fourth-order valence-electron chi connectivity index (χ4n) is 2.33. The first-order valence-electron chi connectivity index (χ1n) is 7.55. The highest BCUT2D eigenvalue weighted by molar-refractivity contribution is 6.42. The summed E-state index contributed by atoms with van der Waals surface area (Å²) in [6, 6.07) is 10.3. The lowest BCUT2D eigenvalue weighted by molar-refractivity contribution is -0.0512. The SMILES string of the molecule is COc1ccc(CNC(C)(C)c2ccc(Cl)c(Cl)c2)cc1OC(F)F. The molecule has 2 rings (SSSR count). The quantitative estimate of drug-likeness (QED) is 0.665. The highest BCUT2D eigenvalue weighted by atomic mass is 35.5. The minimum Gasteiger partial charge on any atom is -0.493 e. The molecular weight excluding hydrogens is 371 g/mol. The summed E-state index contributed by atoms with van der Waals surface area (Å²) in [5, 5.41) is 4.34. The van der Waals surface area contributed by atoms with Crippen LogP contribution in [0.4, 0.5) is 8.78 Å². The number of benzene rings is 2. The molecule has 0 heterocycles. The van der Waals surface area contributed by atoms with E-state index in [1.807, 2.05) is 19.9 Å². The van der Waals surface area contributed by atoms with Gasteiger partial charge >= 0.3 is 6.61 Å². The molecule has 0 radical (unpaired) electrons. The van der Waals surface area contributed by atoms with Gasteiger partial charge in [-0.2, -0.15) is 8.78 Å². The topological polar surface area (TPSA) is 30.5 Å². The first kappa shape index (κ1) is 19.8. The molecule has 0 atom stereocenters. The van der Waals surface area contributed by atoms with Crippen molar-refractivity contribution in [3.63, 3.8) is 0 Å². The summed E-state index contributed by atoms with van der Waals surface area (Å²) in [6.45, 7) is 1.51. The molecule has 25 heavy (non-hydrogen) atoms. The van der Waals surface area contributed by atoms with Crippen molar-refractivity contribution in [2.75, 3.05) is 7.11 Å². The Morgan fingerprint density at radius 2 is 1.76 bits per heavy atom. The summed E-state index contributed by atoms with van der Waals surface area (Å²) in [4.78, 5) is 0. The normalized spacial score (nSPS) is 11.7. The van der Waals surface area contributed by atoms with Crippen LogP contribution in [0.2, 0.25) is 10.0 Å². The molecule has 2 aromatic carbocycles. The Hall–Kier alpha value is -1.56. The highest BCUT2D eigenvalue weighted by Crippen LogP contribution is 2.31. The largest absolute Gasteiger partial charge is 0.493 e. The summed E-state index contributed by atoms with van der Waals surface area (Å²) < 4.78 is 34.6. The number of hydrogen-bond acceptors (Lipinski definition) is 3. The molecule has 1 N–H and O–H groups in total. The van der Waals surface area contributed by atoms with Crippen LogP contribution in [0.3, 0.4) is 0 Å². The predicted molar refractivity (Wildman–Crippen MR) is 96.0 cm³/mol. The van der Waals surface area contributed by atoms with Crippen LogP contribution in [0.25, 0.3) is 0 Å². The van der Waals surface area contributed by atoms with Crippen molar-refractivity contribution in [1.29, 1.82) is 0 Å². The molecule has 7 heteroatoms. The van der Waals surface area contributed by atoms with Gasteiger partial charge in [-0.25, -0.2) is 0 Å². The van der Waals surface area contributed by atoms with Crippen molar-refractivity contribution in [3.8, 4) is 11.5 Å². The molecule has 0 aliphatic carbocycles. The van der Waals surface area contributed by atoms with Gasteiger partial charge in [-0.3, -0.25) is 0 Å². The second kappa shape index (κ2) is 8.21. The molecule has 0 fully saturated rings. The maximum atomic E-state index is 12.5. The van der Waals surface area contributed by atoms with E-state index in [2.05, 4.69) is 10.1 Å². The molecule has 2 aromatic rings. The Balaban J connectivity index is 2.15. The Kier molecular flexibility index (Phi) is 6.49. The van der Waals surface area contributed by atoms with E-state index in [0.717, 1.165) is 11.1 Å². The third-order valence-corrected chi connectivity index (χ3v) is 4.56. The van der Waals surface area contributed by atoms with E-state index >= 15 is 0 Å². The van der Waals surface area contributed by atoms with Crippen molar-refractivity contribution in [2.24, 2.45) is 0 Å². The number of alkyl halides is 2. The molecule has 0 spiro atoms.